The Morgan fingerprint density at radius 2 is 2.20 bits per heavy atom. The van der Waals surface area contributed by atoms with E-state index in [1.807, 2.05) is 18.2 Å². The molecule has 0 unspecified atom stereocenters. The van der Waals surface area contributed by atoms with Crippen molar-refractivity contribution in [2.24, 2.45) is 0 Å². The van der Waals surface area contributed by atoms with Gasteiger partial charge in [0.1, 0.15) is 5.69 Å². The van der Waals surface area contributed by atoms with E-state index >= 15 is 0 Å². The average Bonchev–Trinajstić information content (AvgIpc) is 3.41. The molecule has 0 atom stereocenters. The van der Waals surface area contributed by atoms with Crippen molar-refractivity contribution in [1.29, 1.82) is 0 Å². The first-order chi connectivity index (χ1) is 12.3. The molecule has 124 valence electrons. The van der Waals surface area contributed by atoms with Crippen LogP contribution < -0.4 is 5.32 Å². The molecule has 4 aromatic rings. The first-order valence-electron chi connectivity index (χ1n) is 7.62. The van der Waals surface area contributed by atoms with Crippen LogP contribution in [-0.4, -0.2) is 30.9 Å². The van der Waals surface area contributed by atoms with Gasteiger partial charge in [-0.1, -0.05) is 6.07 Å². The number of hydrogen-bond donors (Lipinski definition) is 2. The Bertz CT molecular complexity index is 972. The lowest BCUT2D eigenvalue weighted by atomic mass is 10.2. The summed E-state index contributed by atoms with van der Waals surface area (Å²) in [6, 6.07) is 10.7. The van der Waals surface area contributed by atoms with Crippen molar-refractivity contribution >= 4 is 5.91 Å². The molecule has 0 bridgehead atoms. The van der Waals surface area contributed by atoms with Gasteiger partial charge in [0, 0.05) is 36.8 Å². The van der Waals surface area contributed by atoms with Crippen molar-refractivity contribution in [2.45, 2.75) is 6.54 Å². The van der Waals surface area contributed by atoms with Crippen LogP contribution in [0.4, 0.5) is 0 Å². The van der Waals surface area contributed by atoms with Gasteiger partial charge in [0.25, 0.3) is 5.91 Å². The maximum absolute atomic E-state index is 12.3. The quantitative estimate of drug-likeness (QED) is 0.582. The van der Waals surface area contributed by atoms with E-state index in [0.29, 0.717) is 23.8 Å². The van der Waals surface area contributed by atoms with Gasteiger partial charge < -0.3 is 9.73 Å². The monoisotopic (exact) mass is 334 g/mol. The van der Waals surface area contributed by atoms with Crippen molar-refractivity contribution in [2.75, 3.05) is 0 Å². The molecule has 8 nitrogen and oxygen atoms in total. The second kappa shape index (κ2) is 6.44. The summed E-state index contributed by atoms with van der Waals surface area (Å²) >= 11 is 0. The summed E-state index contributed by atoms with van der Waals surface area (Å²) in [5.41, 5.74) is 1.78. The standard InChI is InChI=1S/C17H14N6O2/c24-17(14-10-13(21-22-14)15-5-2-9-25-15)19-11-12-4-1-6-18-16(12)23-8-3-7-20-23/h1-10H,11H2,(H,19,24)(H,21,22). The second-order valence-corrected chi connectivity index (χ2v) is 5.26. The van der Waals surface area contributed by atoms with Crippen LogP contribution in [0.3, 0.4) is 0 Å². The molecular weight excluding hydrogens is 320 g/mol. The summed E-state index contributed by atoms with van der Waals surface area (Å²) < 4.78 is 6.94. The van der Waals surface area contributed by atoms with Gasteiger partial charge in [0.2, 0.25) is 0 Å². The van der Waals surface area contributed by atoms with Gasteiger partial charge in [-0.3, -0.25) is 9.89 Å². The zero-order valence-corrected chi connectivity index (χ0v) is 13.1. The Morgan fingerprint density at radius 1 is 1.24 bits per heavy atom. The minimum atomic E-state index is -0.288. The summed E-state index contributed by atoms with van der Waals surface area (Å²) in [5.74, 6) is 1.01. The third-order valence-corrected chi connectivity index (χ3v) is 3.63. The summed E-state index contributed by atoms with van der Waals surface area (Å²) in [4.78, 5) is 16.7. The smallest absolute Gasteiger partial charge is 0.272 e. The highest BCUT2D eigenvalue weighted by molar-refractivity contribution is 5.93. The molecule has 25 heavy (non-hydrogen) atoms. The Hall–Kier alpha value is -3.68. The third-order valence-electron chi connectivity index (χ3n) is 3.63. The van der Waals surface area contributed by atoms with E-state index in [-0.39, 0.29) is 11.6 Å². The van der Waals surface area contributed by atoms with Crippen LogP contribution in [0.15, 0.2) is 65.7 Å². The minimum absolute atomic E-state index is 0.288. The lowest BCUT2D eigenvalue weighted by Crippen LogP contribution is -2.24. The number of furan rings is 1. The number of rotatable bonds is 5. The topological polar surface area (TPSA) is 102 Å². The highest BCUT2D eigenvalue weighted by atomic mass is 16.3. The van der Waals surface area contributed by atoms with Crippen LogP contribution in [0.5, 0.6) is 0 Å². The zero-order valence-electron chi connectivity index (χ0n) is 13.1. The molecular formula is C17H14N6O2. The Morgan fingerprint density at radius 3 is 3.00 bits per heavy atom. The number of H-pyrrole nitrogens is 1. The number of carbonyl (C=O) groups excluding carboxylic acids is 1. The lowest BCUT2D eigenvalue weighted by Gasteiger charge is -2.08. The van der Waals surface area contributed by atoms with Gasteiger partial charge in [-0.05, 0) is 24.3 Å². The van der Waals surface area contributed by atoms with Gasteiger partial charge >= 0.3 is 0 Å². The van der Waals surface area contributed by atoms with Gasteiger partial charge in [-0.25, -0.2) is 9.67 Å². The van der Waals surface area contributed by atoms with E-state index in [1.54, 1.807) is 47.7 Å². The van der Waals surface area contributed by atoms with E-state index in [9.17, 15) is 4.79 Å². The highest BCUT2D eigenvalue weighted by Gasteiger charge is 2.14. The van der Waals surface area contributed by atoms with Crippen LogP contribution in [0.1, 0.15) is 16.1 Å². The van der Waals surface area contributed by atoms with Crippen molar-refractivity contribution in [1.82, 2.24) is 30.3 Å². The molecule has 0 aromatic carbocycles. The Kier molecular flexibility index (Phi) is 3.83. The van der Waals surface area contributed by atoms with Crippen molar-refractivity contribution < 1.29 is 9.21 Å². The van der Waals surface area contributed by atoms with E-state index in [4.69, 9.17) is 4.42 Å². The SMILES string of the molecule is O=C(NCc1cccnc1-n1cccn1)c1cc(-c2ccco2)[nH]n1. The van der Waals surface area contributed by atoms with Gasteiger partial charge in [-0.2, -0.15) is 10.2 Å². The first-order valence-corrected chi connectivity index (χ1v) is 7.62. The third kappa shape index (κ3) is 3.05. The number of aromatic nitrogens is 5. The maximum atomic E-state index is 12.3. The molecule has 4 aromatic heterocycles. The fraction of sp³-hybridized carbons (Fsp3) is 0.0588. The number of nitrogens with zero attached hydrogens (tertiary/aromatic N) is 4. The van der Waals surface area contributed by atoms with Crippen LogP contribution in [0, 0.1) is 0 Å². The predicted octanol–water partition coefficient (Wildman–Crippen LogP) is 2.18. The molecule has 0 aliphatic carbocycles. The van der Waals surface area contributed by atoms with E-state index < -0.39 is 0 Å². The Balaban J connectivity index is 1.48. The van der Waals surface area contributed by atoms with Crippen LogP contribution in [0.2, 0.25) is 0 Å². The van der Waals surface area contributed by atoms with Crippen LogP contribution >= 0.6 is 0 Å². The molecule has 2 N–H and O–H groups in total. The molecule has 0 spiro atoms. The predicted molar refractivity (Wildman–Crippen MR) is 88.8 cm³/mol. The summed E-state index contributed by atoms with van der Waals surface area (Å²) in [6.45, 7) is 0.310. The lowest BCUT2D eigenvalue weighted by molar-refractivity contribution is 0.0946. The molecule has 0 saturated heterocycles. The highest BCUT2D eigenvalue weighted by Crippen LogP contribution is 2.18. The van der Waals surface area contributed by atoms with E-state index in [1.165, 1.54) is 0 Å². The number of amides is 1. The normalized spacial score (nSPS) is 10.7. The molecule has 0 aliphatic heterocycles. The summed E-state index contributed by atoms with van der Waals surface area (Å²) in [5, 5.41) is 13.8. The van der Waals surface area contributed by atoms with E-state index in [2.05, 4.69) is 25.6 Å². The average molecular weight is 334 g/mol. The number of carbonyl (C=O) groups is 1. The number of pyridine rings is 1. The van der Waals surface area contributed by atoms with Crippen molar-refractivity contribution in [3.8, 4) is 17.3 Å². The van der Waals surface area contributed by atoms with Crippen molar-refractivity contribution in [3.05, 3.63) is 72.5 Å². The summed E-state index contributed by atoms with van der Waals surface area (Å²) in [6.07, 6.45) is 6.73. The maximum Gasteiger partial charge on any atom is 0.272 e. The van der Waals surface area contributed by atoms with Crippen molar-refractivity contribution in [3.63, 3.8) is 0 Å². The molecule has 0 saturated carbocycles. The van der Waals surface area contributed by atoms with Gasteiger partial charge in [-0.15, -0.1) is 0 Å². The summed E-state index contributed by atoms with van der Waals surface area (Å²) in [7, 11) is 0. The second-order valence-electron chi connectivity index (χ2n) is 5.26. The first kappa shape index (κ1) is 14.9. The molecule has 4 heterocycles. The van der Waals surface area contributed by atoms with Crippen LogP contribution in [0.25, 0.3) is 17.3 Å². The molecule has 0 radical (unpaired) electrons. The van der Waals surface area contributed by atoms with Gasteiger partial charge in [0.15, 0.2) is 17.3 Å². The van der Waals surface area contributed by atoms with Gasteiger partial charge in [0.05, 0.1) is 6.26 Å². The fourth-order valence-corrected chi connectivity index (χ4v) is 2.43. The number of nitrogens with one attached hydrogen (secondary N) is 2. The molecule has 4 rings (SSSR count). The molecule has 0 fully saturated rings. The number of aromatic amines is 1. The molecule has 0 aliphatic rings. The minimum Gasteiger partial charge on any atom is -0.463 e. The molecule has 8 heteroatoms. The Labute approximate surface area is 142 Å². The number of hydrogen-bond acceptors (Lipinski definition) is 5. The van der Waals surface area contributed by atoms with Crippen LogP contribution in [-0.2, 0) is 6.54 Å². The zero-order chi connectivity index (χ0) is 17.1. The fourth-order valence-electron chi connectivity index (χ4n) is 2.43. The molecule has 1 amide bonds. The largest absolute Gasteiger partial charge is 0.463 e. The van der Waals surface area contributed by atoms with E-state index in [0.717, 1.165) is 5.56 Å².